The van der Waals surface area contributed by atoms with Gasteiger partial charge in [-0.15, -0.1) is 0 Å². The highest BCUT2D eigenvalue weighted by atomic mass is 15.0. The summed E-state index contributed by atoms with van der Waals surface area (Å²) >= 11 is 0. The van der Waals surface area contributed by atoms with Gasteiger partial charge < -0.3 is 5.32 Å². The molecular weight excluding hydrogens is 615 g/mol. The predicted octanol–water partition coefficient (Wildman–Crippen LogP) is 14.0. The molecule has 0 spiro atoms. The third kappa shape index (κ3) is 5.58. The zero-order valence-corrected chi connectivity index (χ0v) is 32.9. The van der Waals surface area contributed by atoms with Crippen LogP contribution >= 0.6 is 0 Å². The Hall–Kier alpha value is -4.10. The Labute approximate surface area is 308 Å². The third-order valence-corrected chi connectivity index (χ3v) is 13.3. The molecule has 51 heavy (non-hydrogen) atoms. The van der Waals surface area contributed by atoms with Crippen LogP contribution in [0.4, 0.5) is 5.69 Å². The number of anilines is 1. The van der Waals surface area contributed by atoms with Crippen LogP contribution in [0.25, 0.3) is 22.3 Å². The molecule has 1 N–H and O–H groups in total. The molecule has 7 rings (SSSR count). The summed E-state index contributed by atoms with van der Waals surface area (Å²) in [4.78, 5) is 0. The van der Waals surface area contributed by atoms with E-state index >= 15 is 0 Å². The highest BCUT2D eigenvalue weighted by Gasteiger charge is 2.43. The molecule has 2 aliphatic rings. The van der Waals surface area contributed by atoms with Crippen molar-refractivity contribution in [3.8, 4) is 22.3 Å². The van der Waals surface area contributed by atoms with E-state index in [2.05, 4.69) is 178 Å². The summed E-state index contributed by atoms with van der Waals surface area (Å²) in [6.07, 6.45) is 5.71. The second kappa shape index (κ2) is 12.8. The van der Waals surface area contributed by atoms with E-state index in [1.165, 1.54) is 91.7 Å². The minimum Gasteiger partial charge on any atom is -0.376 e. The molecule has 1 nitrogen and oxygen atoms in total. The van der Waals surface area contributed by atoms with Crippen molar-refractivity contribution >= 4 is 5.69 Å². The maximum absolute atomic E-state index is 4.05. The molecule has 2 aliphatic carbocycles. The molecule has 0 fully saturated rings. The molecule has 0 saturated carbocycles. The molecule has 5 aromatic carbocycles. The number of benzene rings is 5. The fraction of sp³-hybridized carbons (Fsp3) is 0.400. The van der Waals surface area contributed by atoms with Crippen LogP contribution in [0.5, 0.6) is 0 Å². The normalized spacial score (nSPS) is 15.9. The van der Waals surface area contributed by atoms with Gasteiger partial charge in [-0.2, -0.15) is 0 Å². The minimum absolute atomic E-state index is 0.0254. The lowest BCUT2D eigenvalue weighted by atomic mass is 9.77. The standard InChI is InChI=1S/C50H59N/c1-11-18-33(12-2)34-21-27-39-41-31-46-42(32-45(41)48(7,8)43(39)29-34)40-28-24-37(30-44(40)49(46,9)10)50(13-3,14-4)51-38-25-22-36(23-26-38)47(5,6)35-19-16-15-17-20-35/h15-17,19-33,51H,11-14,18H2,1-10H3. The maximum Gasteiger partial charge on any atom is 0.0620 e. The molecule has 0 amide bonds. The first kappa shape index (κ1) is 35.3. The maximum atomic E-state index is 4.05. The first-order chi connectivity index (χ1) is 24.3. The van der Waals surface area contributed by atoms with Crippen molar-refractivity contribution in [2.45, 2.75) is 129 Å². The number of hydrogen-bond acceptors (Lipinski definition) is 1. The number of rotatable bonds is 11. The molecule has 0 aromatic heterocycles. The Morgan fingerprint density at radius 2 is 1.06 bits per heavy atom. The van der Waals surface area contributed by atoms with Crippen molar-refractivity contribution in [3.63, 3.8) is 0 Å². The summed E-state index contributed by atoms with van der Waals surface area (Å²) in [5.74, 6) is 0.642. The highest BCUT2D eigenvalue weighted by Crippen LogP contribution is 2.57. The van der Waals surface area contributed by atoms with Gasteiger partial charge in [0.1, 0.15) is 0 Å². The summed E-state index contributed by atoms with van der Waals surface area (Å²) in [7, 11) is 0. The fourth-order valence-corrected chi connectivity index (χ4v) is 9.66. The lowest BCUT2D eigenvalue weighted by Gasteiger charge is -2.36. The van der Waals surface area contributed by atoms with E-state index < -0.39 is 0 Å². The van der Waals surface area contributed by atoms with E-state index in [9.17, 15) is 0 Å². The largest absolute Gasteiger partial charge is 0.376 e. The Kier molecular flexibility index (Phi) is 8.89. The van der Waals surface area contributed by atoms with Gasteiger partial charge in [-0.05, 0) is 123 Å². The highest BCUT2D eigenvalue weighted by molar-refractivity contribution is 5.90. The Morgan fingerprint density at radius 1 is 0.549 bits per heavy atom. The lowest BCUT2D eigenvalue weighted by Crippen LogP contribution is -2.34. The SMILES string of the molecule is CCCC(CC)c1ccc2c(c1)C(C)(C)c1cc3c(cc1-2)C(C)(C)c1cc(C(CC)(CC)Nc2ccc(C(C)(C)c4ccccc4)cc2)ccc1-3. The summed E-state index contributed by atoms with van der Waals surface area (Å²) < 4.78 is 0. The summed E-state index contributed by atoms with van der Waals surface area (Å²) in [6.45, 7) is 23.7. The minimum atomic E-state index is -0.162. The lowest BCUT2D eigenvalue weighted by molar-refractivity contribution is 0.453. The second-order valence-corrected chi connectivity index (χ2v) is 17.1. The molecule has 5 aromatic rings. The average Bonchev–Trinajstić information content (AvgIpc) is 3.50. The van der Waals surface area contributed by atoms with E-state index in [4.69, 9.17) is 0 Å². The van der Waals surface area contributed by atoms with Crippen LogP contribution in [0.1, 0.15) is 152 Å². The topological polar surface area (TPSA) is 12.0 Å². The Balaban J connectivity index is 1.23. The molecule has 0 saturated heterocycles. The number of nitrogens with one attached hydrogen (secondary N) is 1. The van der Waals surface area contributed by atoms with Crippen LogP contribution in [0, 0.1) is 0 Å². The predicted molar refractivity (Wildman–Crippen MR) is 220 cm³/mol. The molecular formula is C50H59N. The number of fused-ring (bicyclic) bond motifs is 6. The van der Waals surface area contributed by atoms with Crippen molar-refractivity contribution in [1.29, 1.82) is 0 Å². The third-order valence-electron chi connectivity index (χ3n) is 13.3. The Bertz CT molecular complexity index is 2050. The van der Waals surface area contributed by atoms with Gasteiger partial charge in [0.05, 0.1) is 5.54 Å². The molecule has 0 aliphatic heterocycles. The van der Waals surface area contributed by atoms with E-state index in [1.807, 2.05) is 0 Å². The van der Waals surface area contributed by atoms with Gasteiger partial charge >= 0.3 is 0 Å². The summed E-state index contributed by atoms with van der Waals surface area (Å²) in [5, 5.41) is 4.05. The van der Waals surface area contributed by atoms with Gasteiger partial charge in [-0.3, -0.25) is 0 Å². The van der Waals surface area contributed by atoms with Crippen molar-refractivity contribution in [1.82, 2.24) is 0 Å². The van der Waals surface area contributed by atoms with Gasteiger partial charge in [0.15, 0.2) is 0 Å². The van der Waals surface area contributed by atoms with Crippen LogP contribution in [0.3, 0.4) is 0 Å². The molecule has 264 valence electrons. The van der Waals surface area contributed by atoms with Crippen LogP contribution in [-0.2, 0) is 21.8 Å². The van der Waals surface area contributed by atoms with Crippen LogP contribution in [0.15, 0.2) is 103 Å². The van der Waals surface area contributed by atoms with E-state index in [1.54, 1.807) is 0 Å². The van der Waals surface area contributed by atoms with Crippen LogP contribution in [-0.4, -0.2) is 0 Å². The second-order valence-electron chi connectivity index (χ2n) is 17.1. The van der Waals surface area contributed by atoms with Gasteiger partial charge in [0.2, 0.25) is 0 Å². The fourth-order valence-electron chi connectivity index (χ4n) is 9.66. The van der Waals surface area contributed by atoms with Crippen molar-refractivity contribution in [2.75, 3.05) is 5.32 Å². The molecule has 0 heterocycles. The van der Waals surface area contributed by atoms with E-state index in [-0.39, 0.29) is 21.8 Å². The first-order valence-electron chi connectivity index (χ1n) is 19.8. The van der Waals surface area contributed by atoms with Gasteiger partial charge in [0.25, 0.3) is 0 Å². The molecule has 1 unspecified atom stereocenters. The van der Waals surface area contributed by atoms with Gasteiger partial charge in [-0.1, -0.05) is 155 Å². The quantitative estimate of drug-likeness (QED) is 0.147. The molecule has 1 heteroatoms. The zero-order chi connectivity index (χ0) is 36.3. The van der Waals surface area contributed by atoms with E-state index in [0.29, 0.717) is 5.92 Å². The number of hydrogen-bond donors (Lipinski definition) is 1. The zero-order valence-electron chi connectivity index (χ0n) is 32.9. The van der Waals surface area contributed by atoms with Crippen LogP contribution < -0.4 is 5.32 Å². The molecule has 0 radical (unpaired) electrons. The van der Waals surface area contributed by atoms with Crippen molar-refractivity contribution < 1.29 is 0 Å². The monoisotopic (exact) mass is 673 g/mol. The van der Waals surface area contributed by atoms with Gasteiger partial charge in [0, 0.05) is 21.9 Å². The summed E-state index contributed by atoms with van der Waals surface area (Å²) in [6, 6.07) is 39.9. The van der Waals surface area contributed by atoms with Crippen molar-refractivity contribution in [2.24, 2.45) is 0 Å². The Morgan fingerprint density at radius 3 is 1.61 bits per heavy atom. The van der Waals surface area contributed by atoms with Crippen molar-refractivity contribution in [3.05, 3.63) is 148 Å². The smallest absolute Gasteiger partial charge is 0.0620 e. The van der Waals surface area contributed by atoms with Gasteiger partial charge in [-0.25, -0.2) is 0 Å². The molecule has 0 bridgehead atoms. The van der Waals surface area contributed by atoms with E-state index in [0.717, 1.165) is 12.8 Å². The molecule has 1 atom stereocenters. The first-order valence-corrected chi connectivity index (χ1v) is 19.8. The average molecular weight is 674 g/mol. The summed E-state index contributed by atoms with van der Waals surface area (Å²) in [5.41, 5.74) is 18.0. The van der Waals surface area contributed by atoms with Crippen LogP contribution in [0.2, 0.25) is 0 Å².